The molecule has 16 heteroatoms. The number of aromatic nitrogens is 5. The Morgan fingerprint density at radius 3 is 2.69 bits per heavy atom. The van der Waals surface area contributed by atoms with Crippen molar-refractivity contribution in [2.75, 3.05) is 57.9 Å². The SMILES string of the molecule is CCc1cc(Nc2nccn3c(-c4cn(CC(F)F)nc4C(F)(F)F)cnc23)ccc1C(=O)NCCOCCN1CCOCC1. The van der Waals surface area contributed by atoms with E-state index in [1.165, 1.54) is 23.0 Å². The second-order valence-corrected chi connectivity index (χ2v) is 10.3. The summed E-state index contributed by atoms with van der Waals surface area (Å²) < 4.78 is 79.9. The van der Waals surface area contributed by atoms with Crippen LogP contribution in [0.2, 0.25) is 0 Å². The lowest BCUT2D eigenvalue weighted by Crippen LogP contribution is -2.38. The molecule has 0 bridgehead atoms. The van der Waals surface area contributed by atoms with Gasteiger partial charge in [0.15, 0.2) is 17.2 Å². The zero-order chi connectivity index (χ0) is 32.0. The highest BCUT2D eigenvalue weighted by molar-refractivity contribution is 5.96. The molecule has 2 N–H and O–H groups in total. The van der Waals surface area contributed by atoms with Gasteiger partial charge in [-0.3, -0.25) is 18.8 Å². The lowest BCUT2D eigenvalue weighted by atomic mass is 10.0. The van der Waals surface area contributed by atoms with E-state index in [0.29, 0.717) is 42.1 Å². The van der Waals surface area contributed by atoms with Gasteiger partial charge in [-0.2, -0.15) is 18.3 Å². The monoisotopic (exact) mass is 636 g/mol. The van der Waals surface area contributed by atoms with E-state index in [2.05, 4.69) is 30.6 Å². The summed E-state index contributed by atoms with van der Waals surface area (Å²) >= 11 is 0. The number of rotatable bonds is 13. The fourth-order valence-corrected chi connectivity index (χ4v) is 5.03. The Balaban J connectivity index is 1.26. The zero-order valence-electron chi connectivity index (χ0n) is 24.5. The van der Waals surface area contributed by atoms with Crippen molar-refractivity contribution in [2.24, 2.45) is 0 Å². The first-order valence-corrected chi connectivity index (χ1v) is 14.4. The van der Waals surface area contributed by atoms with Gasteiger partial charge in [-0.1, -0.05) is 6.92 Å². The number of ether oxygens (including phenoxy) is 2. The third-order valence-corrected chi connectivity index (χ3v) is 7.24. The molecule has 11 nitrogen and oxygen atoms in total. The third-order valence-electron chi connectivity index (χ3n) is 7.24. The van der Waals surface area contributed by atoms with Crippen LogP contribution in [0.25, 0.3) is 16.9 Å². The van der Waals surface area contributed by atoms with Crippen LogP contribution in [0.15, 0.2) is 43.0 Å². The maximum Gasteiger partial charge on any atom is 0.435 e. The maximum atomic E-state index is 13.7. The van der Waals surface area contributed by atoms with E-state index in [1.54, 1.807) is 18.2 Å². The van der Waals surface area contributed by atoms with Crippen LogP contribution in [0.5, 0.6) is 0 Å². The Kier molecular flexibility index (Phi) is 10.2. The highest BCUT2D eigenvalue weighted by Gasteiger charge is 2.38. The van der Waals surface area contributed by atoms with Gasteiger partial charge in [0.05, 0.1) is 43.9 Å². The second kappa shape index (κ2) is 14.3. The van der Waals surface area contributed by atoms with Gasteiger partial charge < -0.3 is 20.1 Å². The van der Waals surface area contributed by atoms with Gasteiger partial charge in [0.25, 0.3) is 12.3 Å². The number of carbonyl (C=O) groups excluding carboxylic acids is 1. The molecule has 1 fully saturated rings. The molecule has 4 heterocycles. The number of carbonyl (C=O) groups is 1. The second-order valence-electron chi connectivity index (χ2n) is 10.3. The van der Waals surface area contributed by atoms with Gasteiger partial charge in [0.2, 0.25) is 0 Å². The minimum Gasteiger partial charge on any atom is -0.379 e. The number of benzene rings is 1. The molecule has 0 atom stereocenters. The van der Waals surface area contributed by atoms with Crippen LogP contribution in [-0.4, -0.2) is 94.0 Å². The molecule has 5 rings (SSSR count). The number of nitrogens with one attached hydrogen (secondary N) is 2. The summed E-state index contributed by atoms with van der Waals surface area (Å²) in [6.45, 7) is 6.30. The Hall–Kier alpha value is -4.15. The van der Waals surface area contributed by atoms with Crippen molar-refractivity contribution >= 4 is 23.1 Å². The number of aryl methyl sites for hydroxylation is 1. The number of halogens is 5. The summed E-state index contributed by atoms with van der Waals surface area (Å²) in [6, 6.07) is 5.16. The van der Waals surface area contributed by atoms with Crippen molar-refractivity contribution in [3.8, 4) is 11.3 Å². The zero-order valence-corrected chi connectivity index (χ0v) is 24.5. The number of imidazole rings is 1. The molecule has 242 valence electrons. The normalized spacial score (nSPS) is 14.4. The van der Waals surface area contributed by atoms with Crippen molar-refractivity contribution in [1.82, 2.24) is 34.4 Å². The molecule has 0 radical (unpaired) electrons. The summed E-state index contributed by atoms with van der Waals surface area (Å²) in [7, 11) is 0. The summed E-state index contributed by atoms with van der Waals surface area (Å²) in [5, 5.41) is 9.36. The molecule has 45 heavy (non-hydrogen) atoms. The molecule has 0 unspecified atom stereocenters. The van der Waals surface area contributed by atoms with E-state index < -0.39 is 24.8 Å². The van der Waals surface area contributed by atoms with Crippen LogP contribution in [0.4, 0.5) is 33.5 Å². The first kappa shape index (κ1) is 32.2. The number of hydrogen-bond donors (Lipinski definition) is 2. The van der Waals surface area contributed by atoms with E-state index >= 15 is 0 Å². The molecule has 4 aromatic rings. The highest BCUT2D eigenvalue weighted by atomic mass is 19.4. The number of morpholine rings is 1. The molecule has 0 saturated carbocycles. The Morgan fingerprint density at radius 1 is 1.16 bits per heavy atom. The number of amides is 1. The van der Waals surface area contributed by atoms with Crippen LogP contribution in [0.3, 0.4) is 0 Å². The van der Waals surface area contributed by atoms with Gasteiger partial charge >= 0.3 is 6.18 Å². The fourth-order valence-electron chi connectivity index (χ4n) is 5.03. The number of fused-ring (bicyclic) bond motifs is 1. The van der Waals surface area contributed by atoms with Gasteiger partial charge in [0.1, 0.15) is 6.54 Å². The molecule has 1 aliphatic heterocycles. The van der Waals surface area contributed by atoms with Gasteiger partial charge in [-0.15, -0.1) is 0 Å². The van der Waals surface area contributed by atoms with Crippen molar-refractivity contribution in [1.29, 1.82) is 0 Å². The Morgan fingerprint density at radius 2 is 1.96 bits per heavy atom. The first-order valence-electron chi connectivity index (χ1n) is 14.4. The maximum absolute atomic E-state index is 13.7. The summed E-state index contributed by atoms with van der Waals surface area (Å²) in [4.78, 5) is 23.7. The van der Waals surface area contributed by atoms with E-state index in [0.717, 1.165) is 44.6 Å². The van der Waals surface area contributed by atoms with Crippen molar-refractivity contribution in [2.45, 2.75) is 32.5 Å². The first-order chi connectivity index (χ1) is 21.6. The predicted molar refractivity (Wildman–Crippen MR) is 155 cm³/mol. The molecule has 0 spiro atoms. The Bertz CT molecular complexity index is 1600. The quantitative estimate of drug-likeness (QED) is 0.166. The standard InChI is InChI=1S/C29H33F5N8O3/c1-2-19-15-20(3-4-21(19)28(43)36-6-11-44-12-8-40-9-13-45-14-10-40)38-26-27-37-16-23(42(27)7-5-35-26)22-17-41(18-24(30)31)39-25(22)29(32,33)34/h3-5,7,15-17,24H,2,6,8-14,18H2,1H3,(H,35,38)(H,36,43). The molecule has 1 saturated heterocycles. The molecular formula is C29H33F5N8O3. The average molecular weight is 637 g/mol. The van der Waals surface area contributed by atoms with Crippen molar-refractivity contribution in [3.05, 3.63) is 59.8 Å². The Labute approximate surface area is 255 Å². The van der Waals surface area contributed by atoms with Crippen molar-refractivity contribution in [3.63, 3.8) is 0 Å². The third kappa shape index (κ3) is 7.93. The van der Waals surface area contributed by atoms with Crippen LogP contribution >= 0.6 is 0 Å². The lowest BCUT2D eigenvalue weighted by Gasteiger charge is -2.26. The van der Waals surface area contributed by atoms with Crippen molar-refractivity contribution < 1.29 is 36.2 Å². The fraction of sp³-hybridized carbons (Fsp3) is 0.448. The predicted octanol–water partition coefficient (Wildman–Crippen LogP) is 4.26. The van der Waals surface area contributed by atoms with Gasteiger partial charge in [-0.05, 0) is 30.2 Å². The van der Waals surface area contributed by atoms with Crippen LogP contribution in [0, 0.1) is 0 Å². The number of alkyl halides is 5. The minimum absolute atomic E-state index is 0.00892. The highest BCUT2D eigenvalue weighted by Crippen LogP contribution is 2.37. The number of hydrogen-bond acceptors (Lipinski definition) is 8. The largest absolute Gasteiger partial charge is 0.435 e. The average Bonchev–Trinajstić information content (AvgIpc) is 3.64. The number of nitrogens with zero attached hydrogens (tertiary/aromatic N) is 6. The molecule has 3 aromatic heterocycles. The molecular weight excluding hydrogens is 603 g/mol. The molecule has 0 aliphatic carbocycles. The molecule has 1 aromatic carbocycles. The van der Waals surface area contributed by atoms with Crippen LogP contribution < -0.4 is 10.6 Å². The van der Waals surface area contributed by atoms with Gasteiger partial charge in [0, 0.05) is 56.0 Å². The molecule has 1 aliphatic rings. The van der Waals surface area contributed by atoms with E-state index in [1.807, 2.05) is 6.92 Å². The summed E-state index contributed by atoms with van der Waals surface area (Å²) in [5.74, 6) is 0.00641. The lowest BCUT2D eigenvalue weighted by molar-refractivity contribution is -0.141. The summed E-state index contributed by atoms with van der Waals surface area (Å²) in [5.41, 5.74) is 0.386. The summed E-state index contributed by atoms with van der Waals surface area (Å²) in [6.07, 6.45) is -2.26. The molecule has 1 amide bonds. The van der Waals surface area contributed by atoms with Crippen LogP contribution in [-0.2, 0) is 28.6 Å². The van der Waals surface area contributed by atoms with E-state index in [-0.39, 0.29) is 28.6 Å². The van der Waals surface area contributed by atoms with E-state index in [4.69, 9.17) is 9.47 Å². The van der Waals surface area contributed by atoms with Crippen LogP contribution in [0.1, 0.15) is 28.5 Å². The van der Waals surface area contributed by atoms with Gasteiger partial charge in [-0.25, -0.2) is 18.7 Å². The minimum atomic E-state index is -4.87. The number of anilines is 2. The topological polar surface area (TPSA) is 111 Å². The smallest absolute Gasteiger partial charge is 0.379 e. The van der Waals surface area contributed by atoms with E-state index in [9.17, 15) is 26.7 Å².